The van der Waals surface area contributed by atoms with E-state index >= 15 is 0 Å². The van der Waals surface area contributed by atoms with E-state index in [-0.39, 0.29) is 5.78 Å². The molecule has 2 aromatic carbocycles. The molecule has 0 aliphatic carbocycles. The highest BCUT2D eigenvalue weighted by Crippen LogP contribution is 2.24. The molecule has 98 valence electrons. The first-order valence-electron chi connectivity index (χ1n) is 5.97. The molecule has 0 saturated carbocycles. The summed E-state index contributed by atoms with van der Waals surface area (Å²) in [6.45, 7) is 5.83. The van der Waals surface area contributed by atoms with Gasteiger partial charge in [0, 0.05) is 20.6 Å². The fraction of sp³-hybridized carbons (Fsp3) is 0.188. The Morgan fingerprint density at radius 1 is 1.00 bits per heavy atom. The van der Waals surface area contributed by atoms with Crippen LogP contribution < -0.4 is 0 Å². The van der Waals surface area contributed by atoms with Crippen LogP contribution in [0.2, 0.25) is 5.02 Å². The number of benzene rings is 2. The number of rotatable bonds is 2. The molecule has 0 fully saturated rings. The van der Waals surface area contributed by atoms with Gasteiger partial charge < -0.3 is 0 Å². The maximum Gasteiger partial charge on any atom is 0.193 e. The van der Waals surface area contributed by atoms with Crippen molar-refractivity contribution in [2.45, 2.75) is 20.8 Å². The predicted molar refractivity (Wildman–Crippen MR) is 83.2 cm³/mol. The van der Waals surface area contributed by atoms with Crippen LogP contribution in [0.1, 0.15) is 32.6 Å². The van der Waals surface area contributed by atoms with Crippen LogP contribution in [0.5, 0.6) is 0 Å². The summed E-state index contributed by atoms with van der Waals surface area (Å²) in [6.07, 6.45) is 0. The van der Waals surface area contributed by atoms with Gasteiger partial charge in [-0.3, -0.25) is 4.79 Å². The summed E-state index contributed by atoms with van der Waals surface area (Å²) in [6, 6.07) is 9.28. The van der Waals surface area contributed by atoms with E-state index < -0.39 is 0 Å². The van der Waals surface area contributed by atoms with Gasteiger partial charge in [0.05, 0.1) is 0 Å². The van der Waals surface area contributed by atoms with Gasteiger partial charge in [-0.25, -0.2) is 0 Å². The molecule has 0 aliphatic heterocycles. The Bertz CT molecular complexity index is 662. The third-order valence-electron chi connectivity index (χ3n) is 3.17. The Hall–Kier alpha value is -1.12. The lowest BCUT2D eigenvalue weighted by Gasteiger charge is -2.09. The molecule has 0 atom stereocenters. The summed E-state index contributed by atoms with van der Waals surface area (Å²) in [5, 5.41) is 0.681. The molecule has 0 bridgehead atoms. The van der Waals surface area contributed by atoms with Crippen LogP contribution in [0.15, 0.2) is 34.8 Å². The van der Waals surface area contributed by atoms with Gasteiger partial charge in [0.2, 0.25) is 0 Å². The molecule has 2 aromatic rings. The van der Waals surface area contributed by atoms with Crippen LogP contribution in [0, 0.1) is 20.8 Å². The molecule has 0 saturated heterocycles. The Morgan fingerprint density at radius 3 is 2.32 bits per heavy atom. The minimum atomic E-state index is 0.0351. The Balaban J connectivity index is 2.49. The largest absolute Gasteiger partial charge is 0.289 e. The lowest BCUT2D eigenvalue weighted by atomic mass is 9.96. The van der Waals surface area contributed by atoms with E-state index in [1.54, 1.807) is 12.1 Å². The smallest absolute Gasteiger partial charge is 0.193 e. The van der Waals surface area contributed by atoms with E-state index in [1.165, 1.54) is 0 Å². The second-order valence-corrected chi connectivity index (χ2v) is 5.97. The highest BCUT2D eigenvalue weighted by atomic mass is 79.9. The summed E-state index contributed by atoms with van der Waals surface area (Å²) in [5.41, 5.74) is 4.35. The molecular weight excluding hydrogens is 324 g/mol. The maximum atomic E-state index is 12.5. The van der Waals surface area contributed by atoms with Gasteiger partial charge in [0.1, 0.15) is 0 Å². The predicted octanol–water partition coefficient (Wildman–Crippen LogP) is 5.26. The molecule has 1 nitrogen and oxygen atoms in total. The van der Waals surface area contributed by atoms with Crippen LogP contribution >= 0.6 is 27.5 Å². The standard InChI is InChI=1S/C16H14BrClO/c1-9-8-14(17)10(2)7-13(9)16(19)12-4-5-15(18)11(3)6-12/h4-8H,1-3H3. The van der Waals surface area contributed by atoms with Crippen LogP contribution in [0.3, 0.4) is 0 Å². The minimum absolute atomic E-state index is 0.0351. The van der Waals surface area contributed by atoms with Crippen molar-refractivity contribution in [3.8, 4) is 0 Å². The first-order valence-corrected chi connectivity index (χ1v) is 7.15. The summed E-state index contributed by atoms with van der Waals surface area (Å²) < 4.78 is 1.02. The molecule has 0 aliphatic rings. The zero-order valence-corrected chi connectivity index (χ0v) is 13.4. The molecule has 0 radical (unpaired) electrons. The van der Waals surface area contributed by atoms with Crippen LogP contribution in [0.4, 0.5) is 0 Å². The van der Waals surface area contributed by atoms with E-state index in [0.29, 0.717) is 10.6 Å². The monoisotopic (exact) mass is 336 g/mol. The molecule has 0 spiro atoms. The fourth-order valence-electron chi connectivity index (χ4n) is 1.97. The van der Waals surface area contributed by atoms with E-state index in [9.17, 15) is 4.79 Å². The number of carbonyl (C=O) groups is 1. The van der Waals surface area contributed by atoms with Crippen molar-refractivity contribution in [1.29, 1.82) is 0 Å². The van der Waals surface area contributed by atoms with Crippen molar-refractivity contribution in [2.75, 3.05) is 0 Å². The normalized spacial score (nSPS) is 10.6. The number of halogens is 2. The fourth-order valence-corrected chi connectivity index (χ4v) is 2.54. The van der Waals surface area contributed by atoms with Gasteiger partial charge in [-0.05, 0) is 67.8 Å². The van der Waals surface area contributed by atoms with Gasteiger partial charge in [0.25, 0.3) is 0 Å². The van der Waals surface area contributed by atoms with Crippen LogP contribution in [-0.4, -0.2) is 5.78 Å². The molecule has 0 amide bonds. The number of carbonyl (C=O) groups excluding carboxylic acids is 1. The van der Waals surface area contributed by atoms with Crippen molar-refractivity contribution in [2.24, 2.45) is 0 Å². The van der Waals surface area contributed by atoms with Gasteiger partial charge in [-0.1, -0.05) is 27.5 Å². The van der Waals surface area contributed by atoms with Crippen LogP contribution in [-0.2, 0) is 0 Å². The average Bonchev–Trinajstić information content (AvgIpc) is 2.36. The number of ketones is 1. The SMILES string of the molecule is Cc1cc(C(=O)c2cc(C)c(Br)cc2C)ccc1Cl. The quantitative estimate of drug-likeness (QED) is 0.683. The Kier molecular flexibility index (Phi) is 4.12. The Morgan fingerprint density at radius 2 is 1.68 bits per heavy atom. The van der Waals surface area contributed by atoms with Crippen molar-refractivity contribution in [1.82, 2.24) is 0 Å². The third-order valence-corrected chi connectivity index (χ3v) is 4.45. The first kappa shape index (κ1) is 14.3. The van der Waals surface area contributed by atoms with E-state index in [1.807, 2.05) is 39.0 Å². The minimum Gasteiger partial charge on any atom is -0.289 e. The van der Waals surface area contributed by atoms with E-state index in [2.05, 4.69) is 15.9 Å². The first-order chi connectivity index (χ1) is 8.90. The highest BCUT2D eigenvalue weighted by Gasteiger charge is 2.14. The second-order valence-electron chi connectivity index (χ2n) is 4.71. The van der Waals surface area contributed by atoms with Crippen LogP contribution in [0.25, 0.3) is 0 Å². The lowest BCUT2D eigenvalue weighted by molar-refractivity contribution is 0.103. The van der Waals surface area contributed by atoms with E-state index in [4.69, 9.17) is 11.6 Å². The molecule has 2 rings (SSSR count). The van der Waals surface area contributed by atoms with Crippen molar-refractivity contribution in [3.05, 3.63) is 67.6 Å². The summed E-state index contributed by atoms with van der Waals surface area (Å²) in [7, 11) is 0. The number of hydrogen-bond acceptors (Lipinski definition) is 1. The summed E-state index contributed by atoms with van der Waals surface area (Å²) >= 11 is 9.47. The molecule has 0 aromatic heterocycles. The zero-order chi connectivity index (χ0) is 14.2. The molecule has 3 heteroatoms. The maximum absolute atomic E-state index is 12.5. The number of hydrogen-bond donors (Lipinski definition) is 0. The molecule has 19 heavy (non-hydrogen) atoms. The van der Waals surface area contributed by atoms with Crippen molar-refractivity contribution < 1.29 is 4.79 Å². The second kappa shape index (κ2) is 5.48. The third kappa shape index (κ3) is 2.90. The average molecular weight is 338 g/mol. The highest BCUT2D eigenvalue weighted by molar-refractivity contribution is 9.10. The Labute approximate surface area is 126 Å². The summed E-state index contributed by atoms with van der Waals surface area (Å²) in [4.78, 5) is 12.5. The van der Waals surface area contributed by atoms with E-state index in [0.717, 1.165) is 26.7 Å². The van der Waals surface area contributed by atoms with Crippen molar-refractivity contribution in [3.63, 3.8) is 0 Å². The van der Waals surface area contributed by atoms with Gasteiger partial charge >= 0.3 is 0 Å². The van der Waals surface area contributed by atoms with Gasteiger partial charge in [0.15, 0.2) is 5.78 Å². The zero-order valence-electron chi connectivity index (χ0n) is 11.1. The topological polar surface area (TPSA) is 17.1 Å². The van der Waals surface area contributed by atoms with Gasteiger partial charge in [-0.15, -0.1) is 0 Å². The van der Waals surface area contributed by atoms with Gasteiger partial charge in [-0.2, -0.15) is 0 Å². The lowest BCUT2D eigenvalue weighted by Crippen LogP contribution is -2.05. The molecular formula is C16H14BrClO. The summed E-state index contributed by atoms with van der Waals surface area (Å²) in [5.74, 6) is 0.0351. The molecule has 0 N–H and O–H groups in total. The van der Waals surface area contributed by atoms with Crippen molar-refractivity contribution >= 4 is 33.3 Å². The molecule has 0 unspecified atom stereocenters. The molecule has 0 heterocycles. The number of aryl methyl sites for hydroxylation is 3.